The Kier molecular flexibility index (Phi) is 8.16. The average Bonchev–Trinajstić information content (AvgIpc) is 2.73. The summed E-state index contributed by atoms with van der Waals surface area (Å²) < 4.78 is 4.86. The van der Waals surface area contributed by atoms with Crippen molar-refractivity contribution in [2.75, 3.05) is 6.54 Å². The van der Waals surface area contributed by atoms with E-state index in [0.29, 0.717) is 19.4 Å². The summed E-state index contributed by atoms with van der Waals surface area (Å²) >= 11 is 5.86. The number of aryl methyl sites for hydroxylation is 1. The van der Waals surface area contributed by atoms with Crippen LogP contribution in [0.5, 0.6) is 0 Å². The van der Waals surface area contributed by atoms with Gasteiger partial charge in [-0.2, -0.15) is 0 Å². The summed E-state index contributed by atoms with van der Waals surface area (Å²) in [5.41, 5.74) is 6.98. The highest BCUT2D eigenvalue weighted by Gasteiger charge is 2.26. The summed E-state index contributed by atoms with van der Waals surface area (Å²) in [4.78, 5) is 12.0. The summed E-state index contributed by atoms with van der Waals surface area (Å²) in [5.74, 6) is -0.0224. The first-order chi connectivity index (χ1) is 8.98. The number of nitrogens with zero attached hydrogens (tertiary/aromatic N) is 1. The molecule has 0 aliphatic carbocycles. The van der Waals surface area contributed by atoms with Gasteiger partial charge in [0, 0.05) is 18.5 Å². The summed E-state index contributed by atoms with van der Waals surface area (Å²) in [7, 11) is 0. The molecule has 0 unspecified atom stereocenters. The standard InChI is InChI=1S/C13H22ClN3O2.ClH/c1-4-13(5-2,8-15)16-11(18)7-6-10-9(3)17-19-12(10)14;/h4-8,15H2,1-3H3,(H,16,18);1H. The van der Waals surface area contributed by atoms with Crippen molar-refractivity contribution < 1.29 is 9.32 Å². The molecule has 0 fully saturated rings. The quantitative estimate of drug-likeness (QED) is 0.808. The van der Waals surface area contributed by atoms with Crippen molar-refractivity contribution in [2.45, 2.75) is 52.0 Å². The second-order valence-electron chi connectivity index (χ2n) is 4.76. The zero-order chi connectivity index (χ0) is 14.5. The fourth-order valence-electron chi connectivity index (χ4n) is 2.00. The number of carbonyl (C=O) groups is 1. The van der Waals surface area contributed by atoms with Crippen molar-refractivity contribution in [3.63, 3.8) is 0 Å². The van der Waals surface area contributed by atoms with Gasteiger partial charge in [-0.05, 0) is 37.8 Å². The number of nitrogens with two attached hydrogens (primary N) is 1. The Morgan fingerprint density at radius 2 is 2.05 bits per heavy atom. The Labute approximate surface area is 131 Å². The Hall–Kier alpha value is -0.780. The monoisotopic (exact) mass is 323 g/mol. The zero-order valence-electron chi connectivity index (χ0n) is 12.2. The third-order valence-electron chi connectivity index (χ3n) is 3.69. The molecule has 1 aromatic heterocycles. The lowest BCUT2D eigenvalue weighted by Gasteiger charge is -2.31. The van der Waals surface area contributed by atoms with Gasteiger partial charge >= 0.3 is 0 Å². The number of nitrogens with one attached hydrogen (secondary N) is 1. The Morgan fingerprint density at radius 1 is 1.45 bits per heavy atom. The van der Waals surface area contributed by atoms with Crippen LogP contribution in [0.1, 0.15) is 44.4 Å². The van der Waals surface area contributed by atoms with E-state index in [1.54, 1.807) is 0 Å². The van der Waals surface area contributed by atoms with E-state index in [-0.39, 0.29) is 29.1 Å². The molecule has 5 nitrogen and oxygen atoms in total. The topological polar surface area (TPSA) is 81.1 Å². The first-order valence-corrected chi connectivity index (χ1v) is 6.97. The van der Waals surface area contributed by atoms with E-state index < -0.39 is 0 Å². The molecule has 7 heteroatoms. The van der Waals surface area contributed by atoms with Crippen LogP contribution in [0.2, 0.25) is 5.22 Å². The lowest BCUT2D eigenvalue weighted by Crippen LogP contribution is -2.52. The van der Waals surface area contributed by atoms with E-state index in [4.69, 9.17) is 21.9 Å². The number of carbonyl (C=O) groups excluding carboxylic acids is 1. The Morgan fingerprint density at radius 3 is 2.45 bits per heavy atom. The van der Waals surface area contributed by atoms with E-state index in [0.717, 1.165) is 24.1 Å². The molecule has 1 rings (SSSR count). The molecular weight excluding hydrogens is 301 g/mol. The molecule has 0 aromatic carbocycles. The number of hydrogen-bond donors (Lipinski definition) is 2. The molecule has 0 radical (unpaired) electrons. The molecule has 3 N–H and O–H groups in total. The zero-order valence-corrected chi connectivity index (χ0v) is 13.7. The molecular formula is C13H23Cl2N3O2. The van der Waals surface area contributed by atoms with Crippen molar-refractivity contribution in [1.82, 2.24) is 10.5 Å². The predicted octanol–water partition coefficient (Wildman–Crippen LogP) is 2.62. The van der Waals surface area contributed by atoms with E-state index in [1.165, 1.54) is 0 Å². The molecule has 1 amide bonds. The van der Waals surface area contributed by atoms with Crippen molar-refractivity contribution in [1.29, 1.82) is 0 Å². The molecule has 0 bridgehead atoms. The second-order valence-corrected chi connectivity index (χ2v) is 5.10. The predicted molar refractivity (Wildman–Crippen MR) is 82.3 cm³/mol. The summed E-state index contributed by atoms with van der Waals surface area (Å²) in [6, 6.07) is 0. The number of amides is 1. The maximum atomic E-state index is 12.0. The van der Waals surface area contributed by atoms with Crippen LogP contribution in [0.15, 0.2) is 4.52 Å². The van der Waals surface area contributed by atoms with Crippen LogP contribution in [0.3, 0.4) is 0 Å². The smallest absolute Gasteiger partial charge is 0.229 e. The van der Waals surface area contributed by atoms with Crippen molar-refractivity contribution in [2.24, 2.45) is 5.73 Å². The van der Waals surface area contributed by atoms with Gasteiger partial charge in [-0.1, -0.05) is 19.0 Å². The Bertz CT molecular complexity index is 403. The minimum Gasteiger partial charge on any atom is -0.349 e. The average molecular weight is 324 g/mol. The van der Waals surface area contributed by atoms with Gasteiger partial charge in [-0.3, -0.25) is 4.79 Å². The number of hydrogen-bond acceptors (Lipinski definition) is 4. The third-order valence-corrected chi connectivity index (χ3v) is 3.98. The number of rotatable bonds is 7. The second kappa shape index (κ2) is 8.49. The maximum Gasteiger partial charge on any atom is 0.229 e. The number of aromatic nitrogens is 1. The van der Waals surface area contributed by atoms with Crippen molar-refractivity contribution in [3.8, 4) is 0 Å². The van der Waals surface area contributed by atoms with Crippen molar-refractivity contribution >= 4 is 29.9 Å². The van der Waals surface area contributed by atoms with Gasteiger partial charge in [0.1, 0.15) is 0 Å². The molecule has 0 aliphatic rings. The highest BCUT2D eigenvalue weighted by Crippen LogP contribution is 2.21. The van der Waals surface area contributed by atoms with Crippen LogP contribution in [-0.2, 0) is 11.2 Å². The maximum absolute atomic E-state index is 12.0. The largest absolute Gasteiger partial charge is 0.349 e. The summed E-state index contributed by atoms with van der Waals surface area (Å²) in [6.45, 7) is 6.30. The van der Waals surface area contributed by atoms with Gasteiger partial charge in [0.05, 0.1) is 11.2 Å². The van der Waals surface area contributed by atoms with Crippen LogP contribution in [0.25, 0.3) is 0 Å². The lowest BCUT2D eigenvalue weighted by molar-refractivity contribution is -0.123. The normalized spacial score (nSPS) is 11.1. The van der Waals surface area contributed by atoms with Gasteiger partial charge in [-0.15, -0.1) is 12.4 Å². The van der Waals surface area contributed by atoms with Gasteiger partial charge in [-0.25, -0.2) is 0 Å². The van der Waals surface area contributed by atoms with Crippen LogP contribution in [-0.4, -0.2) is 23.1 Å². The SMILES string of the molecule is CCC(CC)(CN)NC(=O)CCc1c(C)noc1Cl.Cl. The van der Waals surface area contributed by atoms with E-state index >= 15 is 0 Å². The molecule has 1 heterocycles. The first kappa shape index (κ1) is 19.2. The number of halogens is 2. The molecule has 0 spiro atoms. The molecule has 0 atom stereocenters. The highest BCUT2D eigenvalue weighted by atomic mass is 35.5. The lowest BCUT2D eigenvalue weighted by atomic mass is 9.92. The molecule has 116 valence electrons. The summed E-state index contributed by atoms with van der Waals surface area (Å²) in [6.07, 6.45) is 2.51. The minimum atomic E-state index is -0.301. The van der Waals surface area contributed by atoms with Crippen molar-refractivity contribution in [3.05, 3.63) is 16.5 Å². The fourth-order valence-corrected chi connectivity index (χ4v) is 2.27. The molecule has 0 saturated heterocycles. The Balaban J connectivity index is 0.00000361. The first-order valence-electron chi connectivity index (χ1n) is 6.59. The highest BCUT2D eigenvalue weighted by molar-refractivity contribution is 6.29. The molecule has 1 aromatic rings. The van der Waals surface area contributed by atoms with Crippen LogP contribution >= 0.6 is 24.0 Å². The minimum absolute atomic E-state index is 0. The van der Waals surface area contributed by atoms with E-state index in [1.807, 2.05) is 20.8 Å². The van der Waals surface area contributed by atoms with Gasteiger partial charge in [0.15, 0.2) is 0 Å². The molecule has 0 aliphatic heterocycles. The fraction of sp³-hybridized carbons (Fsp3) is 0.692. The van der Waals surface area contributed by atoms with Crippen LogP contribution < -0.4 is 11.1 Å². The molecule has 0 saturated carbocycles. The van der Waals surface area contributed by atoms with E-state index in [9.17, 15) is 4.79 Å². The van der Waals surface area contributed by atoms with Gasteiger partial charge in [0.25, 0.3) is 0 Å². The van der Waals surface area contributed by atoms with Gasteiger partial charge < -0.3 is 15.6 Å². The van der Waals surface area contributed by atoms with Crippen LogP contribution in [0.4, 0.5) is 0 Å². The molecule has 20 heavy (non-hydrogen) atoms. The third kappa shape index (κ3) is 4.65. The van der Waals surface area contributed by atoms with Gasteiger partial charge in [0.2, 0.25) is 11.1 Å². The van der Waals surface area contributed by atoms with Crippen LogP contribution in [0, 0.1) is 6.92 Å². The van der Waals surface area contributed by atoms with E-state index in [2.05, 4.69) is 10.5 Å². The summed E-state index contributed by atoms with van der Waals surface area (Å²) in [5, 5.41) is 7.05.